The summed E-state index contributed by atoms with van der Waals surface area (Å²) < 4.78 is 32.5. The third-order valence-electron chi connectivity index (χ3n) is 2.88. The van der Waals surface area contributed by atoms with Crippen molar-refractivity contribution in [3.63, 3.8) is 0 Å². The average Bonchev–Trinajstić information content (AvgIpc) is 2.42. The number of hydrogen-bond acceptors (Lipinski definition) is 4. The summed E-state index contributed by atoms with van der Waals surface area (Å²) in [6, 6.07) is 5.32. The van der Waals surface area contributed by atoms with Crippen LogP contribution in [0.4, 0.5) is 0 Å². The second kappa shape index (κ2) is 7.73. The molecule has 0 saturated carbocycles. The number of rotatable bonds is 8. The molecule has 1 rings (SSSR count). The van der Waals surface area contributed by atoms with E-state index in [1.165, 1.54) is 0 Å². The molecule has 0 spiro atoms. The summed E-state index contributed by atoms with van der Waals surface area (Å²) in [6.07, 6.45) is 0.745. The number of sulfonamides is 1. The quantitative estimate of drug-likeness (QED) is 0.711. The first-order valence-corrected chi connectivity index (χ1v) is 8.32. The van der Waals surface area contributed by atoms with Crippen LogP contribution in [0.3, 0.4) is 0 Å². The molecule has 0 unspecified atom stereocenters. The van der Waals surface area contributed by atoms with Gasteiger partial charge in [-0.3, -0.25) is 0 Å². The minimum absolute atomic E-state index is 0.0891. The standard InChI is InChI=1S/C14H24N2O3S/c1-4-13-6-5-12(10-15)9-14(13)20(17,18)16-7-8-19-11(2)3/h5-6,9,11,16H,4,7-8,10,15H2,1-3H3. The second-order valence-electron chi connectivity index (χ2n) is 4.82. The van der Waals surface area contributed by atoms with E-state index in [1.807, 2.05) is 32.9 Å². The maximum absolute atomic E-state index is 12.3. The molecule has 0 saturated heterocycles. The molecule has 0 amide bonds. The third kappa shape index (κ3) is 4.86. The van der Waals surface area contributed by atoms with E-state index in [9.17, 15) is 8.42 Å². The molecule has 0 aliphatic carbocycles. The van der Waals surface area contributed by atoms with E-state index in [-0.39, 0.29) is 12.6 Å². The van der Waals surface area contributed by atoms with Gasteiger partial charge in [-0.2, -0.15) is 0 Å². The summed E-state index contributed by atoms with van der Waals surface area (Å²) in [6.45, 7) is 6.69. The molecule has 0 bridgehead atoms. The van der Waals surface area contributed by atoms with Gasteiger partial charge in [-0.25, -0.2) is 13.1 Å². The molecule has 3 N–H and O–H groups in total. The molecule has 0 aliphatic heterocycles. The van der Waals surface area contributed by atoms with E-state index < -0.39 is 10.0 Å². The van der Waals surface area contributed by atoms with Gasteiger partial charge in [0.25, 0.3) is 0 Å². The third-order valence-corrected chi connectivity index (χ3v) is 4.43. The normalized spacial score (nSPS) is 12.1. The molecule has 0 fully saturated rings. The van der Waals surface area contributed by atoms with Gasteiger partial charge in [-0.15, -0.1) is 0 Å². The highest BCUT2D eigenvalue weighted by molar-refractivity contribution is 7.89. The summed E-state index contributed by atoms with van der Waals surface area (Å²) in [5, 5.41) is 0. The highest BCUT2D eigenvalue weighted by Crippen LogP contribution is 2.18. The SMILES string of the molecule is CCc1ccc(CN)cc1S(=O)(=O)NCCOC(C)C. The number of hydrogen-bond donors (Lipinski definition) is 2. The van der Waals surface area contributed by atoms with Gasteiger partial charge >= 0.3 is 0 Å². The van der Waals surface area contributed by atoms with Crippen molar-refractivity contribution in [2.24, 2.45) is 5.73 Å². The van der Waals surface area contributed by atoms with Crippen LogP contribution in [0.2, 0.25) is 0 Å². The van der Waals surface area contributed by atoms with Crippen molar-refractivity contribution in [3.8, 4) is 0 Å². The van der Waals surface area contributed by atoms with Crippen molar-refractivity contribution >= 4 is 10.0 Å². The lowest BCUT2D eigenvalue weighted by molar-refractivity contribution is 0.0834. The Balaban J connectivity index is 2.85. The lowest BCUT2D eigenvalue weighted by atomic mass is 10.1. The molecular weight excluding hydrogens is 276 g/mol. The van der Waals surface area contributed by atoms with Gasteiger partial charge < -0.3 is 10.5 Å². The number of nitrogens with two attached hydrogens (primary N) is 1. The van der Waals surface area contributed by atoms with E-state index >= 15 is 0 Å². The van der Waals surface area contributed by atoms with Crippen molar-refractivity contribution in [1.82, 2.24) is 4.72 Å². The largest absolute Gasteiger partial charge is 0.377 e. The Labute approximate surface area is 121 Å². The van der Waals surface area contributed by atoms with Crippen molar-refractivity contribution in [2.45, 2.75) is 44.7 Å². The van der Waals surface area contributed by atoms with E-state index in [4.69, 9.17) is 10.5 Å². The number of benzene rings is 1. The summed E-state index contributed by atoms with van der Waals surface area (Å²) in [7, 11) is -3.52. The van der Waals surface area contributed by atoms with Crippen molar-refractivity contribution < 1.29 is 13.2 Å². The highest BCUT2D eigenvalue weighted by atomic mass is 32.2. The fourth-order valence-electron chi connectivity index (χ4n) is 1.82. The monoisotopic (exact) mass is 300 g/mol. The van der Waals surface area contributed by atoms with Gasteiger partial charge in [0, 0.05) is 13.1 Å². The molecule has 0 radical (unpaired) electrons. The van der Waals surface area contributed by atoms with E-state index in [0.717, 1.165) is 11.1 Å². The molecule has 114 valence electrons. The van der Waals surface area contributed by atoms with Crippen LogP contribution >= 0.6 is 0 Å². The minimum atomic E-state index is -3.52. The summed E-state index contributed by atoms with van der Waals surface area (Å²) in [5.74, 6) is 0. The van der Waals surface area contributed by atoms with Crippen molar-refractivity contribution in [2.75, 3.05) is 13.2 Å². The minimum Gasteiger partial charge on any atom is -0.377 e. The van der Waals surface area contributed by atoms with Crippen LogP contribution in [0, 0.1) is 0 Å². The molecule has 0 atom stereocenters. The van der Waals surface area contributed by atoms with Gasteiger partial charge in [0.1, 0.15) is 0 Å². The topological polar surface area (TPSA) is 81.4 Å². The average molecular weight is 300 g/mol. The van der Waals surface area contributed by atoms with Crippen molar-refractivity contribution in [3.05, 3.63) is 29.3 Å². The van der Waals surface area contributed by atoms with Crippen LogP contribution < -0.4 is 10.5 Å². The van der Waals surface area contributed by atoms with E-state index in [1.54, 1.807) is 6.07 Å². The smallest absolute Gasteiger partial charge is 0.240 e. The Morgan fingerprint density at radius 2 is 2.05 bits per heavy atom. The van der Waals surface area contributed by atoms with Crippen LogP contribution in [-0.4, -0.2) is 27.7 Å². The molecular formula is C14H24N2O3S. The van der Waals surface area contributed by atoms with Gasteiger partial charge in [-0.05, 0) is 37.5 Å². The molecule has 1 aromatic carbocycles. The maximum atomic E-state index is 12.3. The zero-order chi connectivity index (χ0) is 15.2. The predicted molar refractivity (Wildman–Crippen MR) is 80.0 cm³/mol. The summed E-state index contributed by atoms with van der Waals surface area (Å²) >= 11 is 0. The van der Waals surface area contributed by atoms with Crippen molar-refractivity contribution in [1.29, 1.82) is 0 Å². The van der Waals surface area contributed by atoms with E-state index in [0.29, 0.717) is 24.5 Å². The Hall–Kier alpha value is -0.950. The lowest BCUT2D eigenvalue weighted by Crippen LogP contribution is -2.29. The first-order chi connectivity index (χ1) is 9.40. The first kappa shape index (κ1) is 17.1. The Morgan fingerprint density at radius 3 is 2.60 bits per heavy atom. The number of aryl methyl sites for hydroxylation is 1. The number of ether oxygens (including phenoxy) is 1. The van der Waals surface area contributed by atoms with Crippen LogP contribution in [-0.2, 0) is 27.7 Å². The Bertz CT molecular complexity index is 527. The molecule has 1 aromatic rings. The second-order valence-corrected chi connectivity index (χ2v) is 6.55. The fourth-order valence-corrected chi connectivity index (χ4v) is 3.19. The zero-order valence-corrected chi connectivity index (χ0v) is 13.2. The van der Waals surface area contributed by atoms with Crippen LogP contribution in [0.5, 0.6) is 0 Å². The molecule has 6 heteroatoms. The van der Waals surface area contributed by atoms with Gasteiger partial charge in [-0.1, -0.05) is 19.1 Å². The molecule has 0 heterocycles. The van der Waals surface area contributed by atoms with Crippen LogP contribution in [0.1, 0.15) is 31.9 Å². The molecule has 0 aliphatic rings. The Morgan fingerprint density at radius 1 is 1.35 bits per heavy atom. The predicted octanol–water partition coefficient (Wildman–Crippen LogP) is 1.41. The van der Waals surface area contributed by atoms with Crippen LogP contribution in [0.15, 0.2) is 23.1 Å². The zero-order valence-electron chi connectivity index (χ0n) is 12.3. The molecule has 20 heavy (non-hydrogen) atoms. The Kier molecular flexibility index (Phi) is 6.61. The summed E-state index contributed by atoms with van der Waals surface area (Å²) in [4.78, 5) is 0.312. The van der Waals surface area contributed by atoms with Crippen LogP contribution in [0.25, 0.3) is 0 Å². The molecule has 5 nitrogen and oxygen atoms in total. The number of nitrogens with one attached hydrogen (secondary N) is 1. The first-order valence-electron chi connectivity index (χ1n) is 6.83. The van der Waals surface area contributed by atoms with Gasteiger partial charge in [0.05, 0.1) is 17.6 Å². The highest BCUT2D eigenvalue weighted by Gasteiger charge is 2.17. The fraction of sp³-hybridized carbons (Fsp3) is 0.571. The maximum Gasteiger partial charge on any atom is 0.240 e. The summed E-state index contributed by atoms with van der Waals surface area (Å²) in [5.41, 5.74) is 7.17. The van der Waals surface area contributed by atoms with Gasteiger partial charge in [0.2, 0.25) is 10.0 Å². The molecule has 0 aromatic heterocycles. The van der Waals surface area contributed by atoms with E-state index in [2.05, 4.69) is 4.72 Å². The lowest BCUT2D eigenvalue weighted by Gasteiger charge is -2.13. The van der Waals surface area contributed by atoms with Gasteiger partial charge in [0.15, 0.2) is 0 Å².